The number of rotatable bonds is 8. The van der Waals surface area contributed by atoms with E-state index in [0.717, 1.165) is 63.7 Å². The van der Waals surface area contributed by atoms with Gasteiger partial charge in [-0.25, -0.2) is 15.0 Å². The van der Waals surface area contributed by atoms with Crippen molar-refractivity contribution in [1.29, 1.82) is 0 Å². The summed E-state index contributed by atoms with van der Waals surface area (Å²) < 4.78 is 2.97. The first-order chi connectivity index (χ1) is 18.4. The zero-order chi connectivity index (χ0) is 26.6. The summed E-state index contributed by atoms with van der Waals surface area (Å²) in [6.45, 7) is 4.16. The standard InChI is InChI=1S/C28H24IN5S4/c1-4-36-25-12-8-6-10-21(25)26(29)32-22-13-18(15-30-17(22)2)37-38-19-14-23-28(31-16-19)34(3)27(33-23)20-9-5-7-11-24(20)35/h5-16,35H,4H2,1-3H3. The number of fused-ring (bicyclic) bond motifs is 1. The van der Waals surface area contributed by atoms with Gasteiger partial charge in [0.05, 0.1) is 11.4 Å². The van der Waals surface area contributed by atoms with Crippen molar-refractivity contribution in [3.05, 3.63) is 84.3 Å². The van der Waals surface area contributed by atoms with Gasteiger partial charge in [-0.15, -0.1) is 24.4 Å². The van der Waals surface area contributed by atoms with Crippen LogP contribution in [0.25, 0.3) is 22.6 Å². The van der Waals surface area contributed by atoms with Crippen molar-refractivity contribution in [3.63, 3.8) is 0 Å². The molecule has 10 heteroatoms. The molecule has 5 rings (SSSR count). The molecule has 2 aromatic carbocycles. The SMILES string of the molecule is CCSc1ccccc1C(I)=Nc1cc(SSc2cnc3c(c2)nc(-c2ccccc2S)n3C)cnc1C. The van der Waals surface area contributed by atoms with Gasteiger partial charge in [-0.1, -0.05) is 64.9 Å². The molecule has 0 aliphatic heterocycles. The molecule has 0 atom stereocenters. The Kier molecular flexibility index (Phi) is 9.04. The molecular formula is C28H24IN5S4. The highest BCUT2D eigenvalue weighted by Crippen LogP contribution is 2.40. The zero-order valence-electron chi connectivity index (χ0n) is 20.9. The molecule has 0 saturated carbocycles. The van der Waals surface area contributed by atoms with Crippen molar-refractivity contribution in [2.75, 3.05) is 5.75 Å². The van der Waals surface area contributed by atoms with Crippen molar-refractivity contribution in [2.45, 2.75) is 33.4 Å². The Labute approximate surface area is 253 Å². The number of hydrogen-bond acceptors (Lipinski definition) is 8. The molecule has 0 radical (unpaired) electrons. The van der Waals surface area contributed by atoms with E-state index >= 15 is 0 Å². The van der Waals surface area contributed by atoms with E-state index in [2.05, 4.69) is 83.5 Å². The largest absolute Gasteiger partial charge is 0.312 e. The number of thiol groups is 1. The highest BCUT2D eigenvalue weighted by Gasteiger charge is 2.14. The predicted molar refractivity (Wildman–Crippen MR) is 175 cm³/mol. The summed E-state index contributed by atoms with van der Waals surface area (Å²) in [5.41, 5.74) is 5.63. The minimum Gasteiger partial charge on any atom is -0.312 e. The molecule has 5 aromatic rings. The number of nitrogens with zero attached hydrogens (tertiary/aromatic N) is 5. The van der Waals surface area contributed by atoms with Gasteiger partial charge in [-0.05, 0) is 59.5 Å². The van der Waals surface area contributed by atoms with Gasteiger partial charge in [-0.3, -0.25) is 4.98 Å². The topological polar surface area (TPSA) is 56.0 Å². The summed E-state index contributed by atoms with van der Waals surface area (Å²) in [6.07, 6.45) is 3.79. The average Bonchev–Trinajstić information content (AvgIpc) is 3.25. The van der Waals surface area contributed by atoms with Crippen molar-refractivity contribution >= 4 is 89.1 Å². The molecule has 38 heavy (non-hydrogen) atoms. The maximum atomic E-state index is 4.95. The second-order valence-corrected chi connectivity index (χ2v) is 13.4. The Bertz CT molecular complexity index is 1650. The van der Waals surface area contributed by atoms with Crippen LogP contribution in [-0.4, -0.2) is 29.0 Å². The van der Waals surface area contributed by atoms with Gasteiger partial charge in [-0.2, -0.15) is 0 Å². The number of halogens is 1. The van der Waals surface area contributed by atoms with Crippen LogP contribution in [0.4, 0.5) is 5.69 Å². The Morgan fingerprint density at radius 3 is 2.50 bits per heavy atom. The molecule has 0 bridgehead atoms. The van der Waals surface area contributed by atoms with Gasteiger partial charge in [0.25, 0.3) is 0 Å². The summed E-state index contributed by atoms with van der Waals surface area (Å²) in [7, 11) is 5.26. The van der Waals surface area contributed by atoms with Gasteiger partial charge < -0.3 is 4.57 Å². The van der Waals surface area contributed by atoms with Crippen LogP contribution in [0.3, 0.4) is 0 Å². The smallest absolute Gasteiger partial charge is 0.160 e. The second-order valence-electron chi connectivity index (χ2n) is 8.30. The molecule has 3 aromatic heterocycles. The zero-order valence-corrected chi connectivity index (χ0v) is 26.4. The summed E-state index contributed by atoms with van der Waals surface area (Å²) >= 11 is 8.77. The second kappa shape index (κ2) is 12.5. The first-order valence-corrected chi connectivity index (χ1v) is 16.5. The summed E-state index contributed by atoms with van der Waals surface area (Å²) in [5, 5.41) is 0. The molecule has 0 spiro atoms. The van der Waals surface area contributed by atoms with Gasteiger partial charge in [0, 0.05) is 50.2 Å². The normalized spacial score (nSPS) is 11.9. The lowest BCUT2D eigenvalue weighted by molar-refractivity contribution is 0.937. The summed E-state index contributed by atoms with van der Waals surface area (Å²) in [5.74, 6) is 1.88. The third-order valence-electron chi connectivity index (χ3n) is 5.73. The van der Waals surface area contributed by atoms with Crippen LogP contribution in [0, 0.1) is 6.92 Å². The Morgan fingerprint density at radius 2 is 1.71 bits per heavy atom. The number of hydrogen-bond donors (Lipinski definition) is 1. The van der Waals surface area contributed by atoms with Crippen LogP contribution in [0.2, 0.25) is 0 Å². The Hall–Kier alpha value is -1.99. The quantitative estimate of drug-likeness (QED) is 0.0579. The fourth-order valence-electron chi connectivity index (χ4n) is 3.85. The third kappa shape index (κ3) is 6.09. The average molecular weight is 686 g/mol. The molecule has 0 saturated heterocycles. The first-order valence-electron chi connectivity index (χ1n) is 11.8. The van der Waals surface area contributed by atoms with Crippen LogP contribution in [-0.2, 0) is 7.05 Å². The molecule has 3 heterocycles. The molecule has 0 amide bonds. The van der Waals surface area contributed by atoms with E-state index in [9.17, 15) is 0 Å². The van der Waals surface area contributed by atoms with Crippen LogP contribution in [0.15, 0.2) is 97.6 Å². The number of aliphatic imine (C=N–C) groups is 1. The van der Waals surface area contributed by atoms with Crippen LogP contribution in [0.1, 0.15) is 18.2 Å². The molecule has 0 unspecified atom stereocenters. The summed E-state index contributed by atoms with van der Waals surface area (Å²) in [6, 6.07) is 20.6. The van der Waals surface area contributed by atoms with Gasteiger partial charge in [0.2, 0.25) is 0 Å². The third-order valence-corrected chi connectivity index (χ3v) is 10.2. The lowest BCUT2D eigenvalue weighted by Crippen LogP contribution is -1.94. The van der Waals surface area contributed by atoms with Crippen LogP contribution >= 0.6 is 68.6 Å². The van der Waals surface area contributed by atoms with E-state index in [4.69, 9.17) is 15.0 Å². The Balaban J connectivity index is 1.36. The maximum absolute atomic E-state index is 4.95. The number of thioether (sulfide) groups is 1. The fourth-order valence-corrected chi connectivity index (χ4v) is 7.66. The number of benzene rings is 2. The minimum atomic E-state index is 0.843. The summed E-state index contributed by atoms with van der Waals surface area (Å²) in [4.78, 5) is 23.3. The van der Waals surface area contributed by atoms with E-state index in [1.807, 2.05) is 67.0 Å². The van der Waals surface area contributed by atoms with Gasteiger partial charge in [0.1, 0.15) is 15.1 Å². The molecule has 0 aliphatic rings. The molecular weight excluding hydrogens is 662 g/mol. The molecule has 0 N–H and O–H groups in total. The highest BCUT2D eigenvalue weighted by molar-refractivity contribution is 14.1. The van der Waals surface area contributed by atoms with Crippen molar-refractivity contribution in [3.8, 4) is 11.4 Å². The lowest BCUT2D eigenvalue weighted by Gasteiger charge is -2.08. The van der Waals surface area contributed by atoms with Crippen molar-refractivity contribution in [2.24, 2.45) is 12.0 Å². The van der Waals surface area contributed by atoms with Gasteiger partial charge in [0.15, 0.2) is 5.65 Å². The van der Waals surface area contributed by atoms with E-state index in [-0.39, 0.29) is 0 Å². The van der Waals surface area contributed by atoms with Crippen molar-refractivity contribution < 1.29 is 0 Å². The highest BCUT2D eigenvalue weighted by atomic mass is 127. The minimum absolute atomic E-state index is 0.843. The number of pyridine rings is 2. The first kappa shape index (κ1) is 27.6. The molecule has 192 valence electrons. The molecule has 5 nitrogen and oxygen atoms in total. The number of aromatic nitrogens is 4. The number of imidazole rings is 1. The van der Waals surface area contributed by atoms with E-state index in [1.54, 1.807) is 21.6 Å². The molecule has 0 aliphatic carbocycles. The van der Waals surface area contributed by atoms with Crippen LogP contribution in [0.5, 0.6) is 0 Å². The van der Waals surface area contributed by atoms with Crippen LogP contribution < -0.4 is 0 Å². The fraction of sp³-hybridized carbons (Fsp3) is 0.143. The van der Waals surface area contributed by atoms with E-state index in [1.165, 1.54) is 4.90 Å². The predicted octanol–water partition coefficient (Wildman–Crippen LogP) is 9.05. The molecule has 0 fully saturated rings. The van der Waals surface area contributed by atoms with E-state index in [0.29, 0.717) is 0 Å². The number of aryl methyl sites for hydroxylation is 2. The van der Waals surface area contributed by atoms with Gasteiger partial charge >= 0.3 is 0 Å². The monoisotopic (exact) mass is 685 g/mol. The lowest BCUT2D eigenvalue weighted by atomic mass is 10.2. The maximum Gasteiger partial charge on any atom is 0.160 e. The van der Waals surface area contributed by atoms with E-state index < -0.39 is 0 Å². The van der Waals surface area contributed by atoms with Crippen molar-refractivity contribution in [1.82, 2.24) is 19.5 Å². The Morgan fingerprint density at radius 1 is 1.00 bits per heavy atom.